The number of aryl methyl sites for hydroxylation is 1. The summed E-state index contributed by atoms with van der Waals surface area (Å²) in [6, 6.07) is 8.47. The van der Waals surface area contributed by atoms with Crippen molar-refractivity contribution in [3.63, 3.8) is 0 Å². The van der Waals surface area contributed by atoms with Crippen molar-refractivity contribution in [3.05, 3.63) is 42.3 Å². The lowest BCUT2D eigenvalue weighted by molar-refractivity contribution is 0.961. The Morgan fingerprint density at radius 3 is 2.50 bits per heavy atom. The molecule has 1 unspecified atom stereocenters. The van der Waals surface area contributed by atoms with Gasteiger partial charge in [-0.1, -0.05) is 36.8 Å². The smallest absolute Gasteiger partial charge is 0.0190 e. The maximum absolute atomic E-state index is 3.95. The normalized spacial score (nSPS) is 10.4. The Morgan fingerprint density at radius 2 is 2.10 bits per heavy atom. The fourth-order valence-corrected chi connectivity index (χ4v) is 0.977. The van der Waals surface area contributed by atoms with Crippen LogP contribution in [-0.2, 0) is 0 Å². The van der Waals surface area contributed by atoms with E-state index < -0.39 is 0 Å². The molecule has 0 fully saturated rings. The van der Waals surface area contributed by atoms with E-state index in [1.165, 1.54) is 11.1 Å². The summed E-state index contributed by atoms with van der Waals surface area (Å²) in [5.74, 6) is 0.403. The molecule has 0 heterocycles. The Bertz CT molecular complexity index is 211. The molecule has 0 saturated carbocycles. The fourth-order valence-electron chi connectivity index (χ4n) is 0.977. The fraction of sp³-hybridized carbons (Fsp3) is 0.300. The average molecular weight is 133 g/mol. The Kier molecular flexibility index (Phi) is 2.10. The van der Waals surface area contributed by atoms with Crippen molar-refractivity contribution in [3.8, 4) is 0 Å². The van der Waals surface area contributed by atoms with E-state index in [9.17, 15) is 0 Å². The third-order valence-corrected chi connectivity index (χ3v) is 1.61. The van der Waals surface area contributed by atoms with Crippen LogP contribution in [0.1, 0.15) is 24.0 Å². The van der Waals surface area contributed by atoms with Gasteiger partial charge >= 0.3 is 0 Å². The molecule has 0 bridgehead atoms. The predicted molar refractivity (Wildman–Crippen MR) is 45.0 cm³/mol. The van der Waals surface area contributed by atoms with Crippen molar-refractivity contribution in [1.82, 2.24) is 0 Å². The van der Waals surface area contributed by atoms with Gasteiger partial charge in [0.2, 0.25) is 0 Å². The quantitative estimate of drug-likeness (QED) is 0.552. The lowest BCUT2D eigenvalue weighted by atomic mass is 10.0. The van der Waals surface area contributed by atoms with E-state index in [-0.39, 0.29) is 0 Å². The maximum Gasteiger partial charge on any atom is -0.0190 e. The van der Waals surface area contributed by atoms with Gasteiger partial charge in [0.25, 0.3) is 0 Å². The van der Waals surface area contributed by atoms with Crippen LogP contribution in [0.25, 0.3) is 0 Å². The van der Waals surface area contributed by atoms with Crippen molar-refractivity contribution in [2.24, 2.45) is 0 Å². The van der Waals surface area contributed by atoms with Gasteiger partial charge in [0, 0.05) is 0 Å². The highest BCUT2D eigenvalue weighted by Gasteiger charge is 1.96. The van der Waals surface area contributed by atoms with E-state index in [2.05, 4.69) is 45.0 Å². The van der Waals surface area contributed by atoms with Crippen LogP contribution in [0.15, 0.2) is 24.3 Å². The molecule has 0 aliphatic rings. The summed E-state index contributed by atoms with van der Waals surface area (Å²) in [5.41, 5.74) is 2.63. The number of benzene rings is 1. The van der Waals surface area contributed by atoms with Gasteiger partial charge < -0.3 is 0 Å². The Balaban J connectivity index is 2.96. The van der Waals surface area contributed by atoms with E-state index in [0.717, 1.165) is 0 Å². The molecule has 1 atom stereocenters. The first kappa shape index (κ1) is 7.33. The largest absolute Gasteiger partial charge is 0.0617 e. The molecule has 10 heavy (non-hydrogen) atoms. The van der Waals surface area contributed by atoms with Gasteiger partial charge in [-0.25, -0.2) is 0 Å². The van der Waals surface area contributed by atoms with Crippen LogP contribution >= 0.6 is 0 Å². The van der Waals surface area contributed by atoms with Crippen molar-refractivity contribution < 1.29 is 0 Å². The van der Waals surface area contributed by atoms with E-state index in [4.69, 9.17) is 0 Å². The monoisotopic (exact) mass is 133 g/mol. The summed E-state index contributed by atoms with van der Waals surface area (Å²) < 4.78 is 0. The third-order valence-electron chi connectivity index (χ3n) is 1.61. The molecule has 1 aromatic carbocycles. The molecule has 0 aromatic heterocycles. The molecule has 1 rings (SSSR count). The molecule has 0 spiro atoms. The lowest BCUT2D eigenvalue weighted by Crippen LogP contribution is -1.86. The second-order valence-electron chi connectivity index (χ2n) is 2.82. The van der Waals surface area contributed by atoms with E-state index in [1.54, 1.807) is 0 Å². The molecule has 0 heteroatoms. The van der Waals surface area contributed by atoms with Crippen molar-refractivity contribution >= 4 is 0 Å². The Labute approximate surface area is 62.9 Å². The van der Waals surface area contributed by atoms with Gasteiger partial charge in [-0.3, -0.25) is 0 Å². The Morgan fingerprint density at radius 1 is 1.40 bits per heavy atom. The third kappa shape index (κ3) is 1.60. The summed E-state index contributed by atoms with van der Waals surface area (Å²) in [6.07, 6.45) is 0. The van der Waals surface area contributed by atoms with Crippen LogP contribution in [0.3, 0.4) is 0 Å². The second kappa shape index (κ2) is 2.87. The zero-order valence-corrected chi connectivity index (χ0v) is 6.59. The first-order chi connectivity index (χ1) is 4.70. The minimum absolute atomic E-state index is 0.403. The number of hydrogen-bond donors (Lipinski definition) is 0. The van der Waals surface area contributed by atoms with E-state index >= 15 is 0 Å². The molecule has 0 amide bonds. The molecule has 0 aliphatic carbocycles. The SMILES string of the molecule is [CH2]C(C)c1cccc(C)c1. The van der Waals surface area contributed by atoms with Gasteiger partial charge in [-0.05, 0) is 25.3 Å². The molecule has 1 radical (unpaired) electrons. The zero-order valence-electron chi connectivity index (χ0n) is 6.59. The minimum Gasteiger partial charge on any atom is -0.0617 e. The predicted octanol–water partition coefficient (Wildman–Crippen LogP) is 2.93. The highest BCUT2D eigenvalue weighted by atomic mass is 14.0. The summed E-state index contributed by atoms with van der Waals surface area (Å²) in [5, 5.41) is 0. The first-order valence-electron chi connectivity index (χ1n) is 3.60. The second-order valence-corrected chi connectivity index (χ2v) is 2.82. The van der Waals surface area contributed by atoms with E-state index in [0.29, 0.717) is 5.92 Å². The van der Waals surface area contributed by atoms with Crippen LogP contribution in [0.5, 0.6) is 0 Å². The number of rotatable bonds is 1. The summed E-state index contributed by atoms with van der Waals surface area (Å²) in [7, 11) is 0. The molecule has 1 aromatic rings. The van der Waals surface area contributed by atoms with Gasteiger partial charge in [0.1, 0.15) is 0 Å². The highest BCUT2D eigenvalue weighted by Crippen LogP contribution is 2.13. The molecule has 0 aliphatic heterocycles. The van der Waals surface area contributed by atoms with Crippen molar-refractivity contribution in [2.75, 3.05) is 0 Å². The highest BCUT2D eigenvalue weighted by molar-refractivity contribution is 5.25. The molecule has 0 nitrogen and oxygen atoms in total. The molecular formula is C10H13. The van der Waals surface area contributed by atoms with Crippen molar-refractivity contribution in [2.45, 2.75) is 19.8 Å². The van der Waals surface area contributed by atoms with Crippen LogP contribution in [0.4, 0.5) is 0 Å². The summed E-state index contributed by atoms with van der Waals surface area (Å²) in [6.45, 7) is 8.16. The molecule has 0 saturated heterocycles. The number of hydrogen-bond acceptors (Lipinski definition) is 0. The lowest BCUT2D eigenvalue weighted by Gasteiger charge is -2.04. The average Bonchev–Trinajstić information content (AvgIpc) is 1.88. The minimum atomic E-state index is 0.403. The summed E-state index contributed by atoms with van der Waals surface area (Å²) >= 11 is 0. The first-order valence-corrected chi connectivity index (χ1v) is 3.60. The van der Waals surface area contributed by atoms with Crippen LogP contribution < -0.4 is 0 Å². The Hall–Kier alpha value is -0.780. The van der Waals surface area contributed by atoms with Crippen LogP contribution in [-0.4, -0.2) is 0 Å². The van der Waals surface area contributed by atoms with Gasteiger partial charge in [-0.2, -0.15) is 0 Å². The summed E-state index contributed by atoms with van der Waals surface area (Å²) in [4.78, 5) is 0. The zero-order chi connectivity index (χ0) is 7.56. The molecule has 0 N–H and O–H groups in total. The van der Waals surface area contributed by atoms with Crippen LogP contribution in [0, 0.1) is 13.8 Å². The maximum atomic E-state index is 3.95. The van der Waals surface area contributed by atoms with E-state index in [1.807, 2.05) is 0 Å². The van der Waals surface area contributed by atoms with Gasteiger partial charge in [0.05, 0.1) is 0 Å². The van der Waals surface area contributed by atoms with Gasteiger partial charge in [-0.15, -0.1) is 0 Å². The van der Waals surface area contributed by atoms with Crippen molar-refractivity contribution in [1.29, 1.82) is 0 Å². The topological polar surface area (TPSA) is 0 Å². The van der Waals surface area contributed by atoms with Crippen LogP contribution in [0.2, 0.25) is 0 Å². The molecule has 53 valence electrons. The standard InChI is InChI=1S/C10H13/c1-8(2)10-6-4-5-9(3)7-10/h4-8H,1H2,2-3H3. The van der Waals surface area contributed by atoms with Gasteiger partial charge in [0.15, 0.2) is 0 Å². The molecular weight excluding hydrogens is 120 g/mol.